The van der Waals surface area contributed by atoms with Crippen LogP contribution in [-0.2, 0) is 0 Å². The van der Waals surface area contributed by atoms with E-state index < -0.39 is 0 Å². The summed E-state index contributed by atoms with van der Waals surface area (Å²) in [6, 6.07) is 18.3. The average molecular weight is 223 g/mol. The van der Waals surface area contributed by atoms with E-state index in [1.807, 2.05) is 6.07 Å². The maximum atomic E-state index is 11.8. The van der Waals surface area contributed by atoms with Crippen molar-refractivity contribution in [3.8, 4) is 0 Å². The highest BCUT2D eigenvalue weighted by Gasteiger charge is 2.12. The highest BCUT2D eigenvalue weighted by atomic mass is 16.1. The minimum atomic E-state index is -0.159. The Hall–Kier alpha value is -2.22. The molecule has 0 aromatic heterocycles. The second-order valence-electron chi connectivity index (χ2n) is 3.68. The Morgan fingerprint density at radius 1 is 0.824 bits per heavy atom. The number of rotatable bonds is 4. The molecule has 0 atom stereocenters. The van der Waals surface area contributed by atoms with E-state index in [1.54, 1.807) is 48.5 Å². The smallest absolute Gasteiger partial charge is 0.170 e. The van der Waals surface area contributed by atoms with Gasteiger partial charge in [0, 0.05) is 11.1 Å². The molecule has 83 valence electrons. The van der Waals surface area contributed by atoms with Crippen LogP contribution in [0.1, 0.15) is 27.1 Å². The predicted molar refractivity (Wildman–Crippen MR) is 65.0 cm³/mol. The minimum Gasteiger partial charge on any atom is -0.294 e. The molecular weight excluding hydrogens is 212 g/mol. The predicted octanol–water partition coefficient (Wildman–Crippen LogP) is 2.94. The van der Waals surface area contributed by atoms with Gasteiger partial charge in [-0.1, -0.05) is 54.6 Å². The number of carbonyl (C=O) groups excluding carboxylic acids is 2. The second-order valence-corrected chi connectivity index (χ2v) is 3.68. The topological polar surface area (TPSA) is 34.1 Å². The van der Waals surface area contributed by atoms with Crippen molar-refractivity contribution >= 4 is 11.6 Å². The van der Waals surface area contributed by atoms with Crippen LogP contribution in [0.4, 0.5) is 0 Å². The van der Waals surface area contributed by atoms with Gasteiger partial charge in [0.25, 0.3) is 0 Å². The molecule has 0 aliphatic rings. The molecule has 0 spiro atoms. The Bertz CT molecular complexity index is 466. The number of benzene rings is 2. The zero-order valence-electron chi connectivity index (χ0n) is 9.22. The van der Waals surface area contributed by atoms with Gasteiger partial charge in [-0.15, -0.1) is 0 Å². The Morgan fingerprint density at radius 3 is 1.94 bits per heavy atom. The fourth-order valence-corrected chi connectivity index (χ4v) is 1.55. The van der Waals surface area contributed by atoms with Gasteiger partial charge in [-0.2, -0.15) is 0 Å². The third kappa shape index (κ3) is 2.88. The summed E-state index contributed by atoms with van der Waals surface area (Å²) in [5.74, 6) is -0.309. The lowest BCUT2D eigenvalue weighted by Crippen LogP contribution is -2.08. The maximum absolute atomic E-state index is 11.8. The molecule has 2 aromatic carbocycles. The molecule has 0 N–H and O–H groups in total. The quantitative estimate of drug-likeness (QED) is 0.590. The van der Waals surface area contributed by atoms with Gasteiger partial charge in [0.1, 0.15) is 0 Å². The molecule has 0 bridgehead atoms. The van der Waals surface area contributed by atoms with Crippen molar-refractivity contribution in [3.05, 3.63) is 71.8 Å². The number of ketones is 2. The Morgan fingerprint density at radius 2 is 1.35 bits per heavy atom. The first-order valence-corrected chi connectivity index (χ1v) is 5.35. The van der Waals surface area contributed by atoms with Crippen LogP contribution in [0.15, 0.2) is 54.6 Å². The average Bonchev–Trinajstić information content (AvgIpc) is 2.40. The van der Waals surface area contributed by atoms with Crippen LogP contribution in [0.3, 0.4) is 0 Å². The molecule has 0 saturated carbocycles. The Kier molecular flexibility index (Phi) is 3.46. The van der Waals surface area contributed by atoms with E-state index >= 15 is 0 Å². The van der Waals surface area contributed by atoms with E-state index in [0.717, 1.165) is 0 Å². The molecule has 0 unspecified atom stereocenters. The van der Waals surface area contributed by atoms with Gasteiger partial charge in [-0.25, -0.2) is 0 Å². The monoisotopic (exact) mass is 223 g/mol. The molecule has 0 aliphatic carbocycles. The third-order valence-corrected chi connectivity index (χ3v) is 2.46. The number of hydrogen-bond donors (Lipinski definition) is 0. The molecule has 2 nitrogen and oxygen atoms in total. The molecule has 0 fully saturated rings. The van der Waals surface area contributed by atoms with Crippen molar-refractivity contribution < 1.29 is 9.59 Å². The molecular formula is C15H11O2. The van der Waals surface area contributed by atoms with E-state index in [0.29, 0.717) is 11.1 Å². The van der Waals surface area contributed by atoms with Gasteiger partial charge in [0.2, 0.25) is 0 Å². The summed E-state index contributed by atoms with van der Waals surface area (Å²) in [4.78, 5) is 23.6. The maximum Gasteiger partial charge on any atom is 0.170 e. The van der Waals surface area contributed by atoms with Crippen LogP contribution < -0.4 is 0 Å². The summed E-state index contributed by atoms with van der Waals surface area (Å²) in [7, 11) is 0. The summed E-state index contributed by atoms with van der Waals surface area (Å²) in [5, 5.41) is 0. The fourth-order valence-electron chi connectivity index (χ4n) is 1.55. The molecule has 0 heterocycles. The zero-order chi connectivity index (χ0) is 12.1. The summed E-state index contributed by atoms with van der Waals surface area (Å²) >= 11 is 0. The van der Waals surface area contributed by atoms with Crippen molar-refractivity contribution in [1.82, 2.24) is 0 Å². The van der Waals surface area contributed by atoms with Crippen LogP contribution in [0.25, 0.3) is 0 Å². The van der Waals surface area contributed by atoms with Crippen LogP contribution in [0.5, 0.6) is 0 Å². The highest BCUT2D eigenvalue weighted by molar-refractivity contribution is 6.13. The van der Waals surface area contributed by atoms with E-state index in [1.165, 1.54) is 0 Å². The van der Waals surface area contributed by atoms with Crippen LogP contribution in [0, 0.1) is 6.07 Å². The van der Waals surface area contributed by atoms with Crippen LogP contribution in [-0.4, -0.2) is 11.6 Å². The SMILES string of the molecule is O=C(CC(=O)c1ccccc1)c1cc[c]cc1. The molecule has 0 aliphatic heterocycles. The number of carbonyl (C=O) groups is 2. The number of Topliss-reactive ketones (excluding diaryl/α,β-unsaturated/α-hetero) is 2. The van der Waals surface area contributed by atoms with Crippen molar-refractivity contribution in [3.63, 3.8) is 0 Å². The Balaban J connectivity index is 2.08. The second kappa shape index (κ2) is 5.21. The first kappa shape index (κ1) is 11.3. The van der Waals surface area contributed by atoms with Gasteiger partial charge < -0.3 is 0 Å². The van der Waals surface area contributed by atoms with Crippen LogP contribution in [0.2, 0.25) is 0 Å². The van der Waals surface area contributed by atoms with Crippen molar-refractivity contribution in [2.24, 2.45) is 0 Å². The van der Waals surface area contributed by atoms with E-state index in [-0.39, 0.29) is 18.0 Å². The molecule has 0 amide bonds. The molecule has 1 radical (unpaired) electrons. The molecule has 2 rings (SSSR count). The first-order valence-electron chi connectivity index (χ1n) is 5.35. The Labute approximate surface area is 99.9 Å². The van der Waals surface area contributed by atoms with Crippen molar-refractivity contribution in [2.75, 3.05) is 0 Å². The number of hydrogen-bond acceptors (Lipinski definition) is 2. The van der Waals surface area contributed by atoms with E-state index in [9.17, 15) is 9.59 Å². The highest BCUT2D eigenvalue weighted by Crippen LogP contribution is 2.08. The van der Waals surface area contributed by atoms with Gasteiger partial charge in [0.05, 0.1) is 6.42 Å². The van der Waals surface area contributed by atoms with Gasteiger partial charge in [0.15, 0.2) is 11.6 Å². The summed E-state index contributed by atoms with van der Waals surface area (Å²) in [5.41, 5.74) is 1.12. The van der Waals surface area contributed by atoms with E-state index in [2.05, 4.69) is 6.07 Å². The first-order chi connectivity index (χ1) is 8.27. The van der Waals surface area contributed by atoms with Gasteiger partial charge in [-0.3, -0.25) is 9.59 Å². The van der Waals surface area contributed by atoms with Crippen LogP contribution >= 0.6 is 0 Å². The molecule has 2 aromatic rings. The fraction of sp³-hybridized carbons (Fsp3) is 0.0667. The van der Waals surface area contributed by atoms with E-state index in [4.69, 9.17) is 0 Å². The van der Waals surface area contributed by atoms with Crippen molar-refractivity contribution in [1.29, 1.82) is 0 Å². The minimum absolute atomic E-state index is 0.0893. The lowest BCUT2D eigenvalue weighted by Gasteiger charge is -2.00. The molecule has 17 heavy (non-hydrogen) atoms. The summed E-state index contributed by atoms with van der Waals surface area (Å²) in [6.45, 7) is 0. The summed E-state index contributed by atoms with van der Waals surface area (Å²) < 4.78 is 0. The van der Waals surface area contributed by atoms with Gasteiger partial charge in [-0.05, 0) is 6.07 Å². The van der Waals surface area contributed by atoms with Gasteiger partial charge >= 0.3 is 0 Å². The normalized spacial score (nSPS) is 9.88. The molecule has 2 heteroatoms. The summed E-state index contributed by atoms with van der Waals surface area (Å²) in [6.07, 6.45) is -0.0893. The van der Waals surface area contributed by atoms with Crippen molar-refractivity contribution in [2.45, 2.75) is 6.42 Å². The molecule has 0 saturated heterocycles. The third-order valence-electron chi connectivity index (χ3n) is 2.46. The lowest BCUT2D eigenvalue weighted by molar-refractivity contribution is 0.0894. The largest absolute Gasteiger partial charge is 0.294 e. The standard InChI is InChI=1S/C15H11O2/c16-14(12-7-3-1-4-8-12)11-15(17)13-9-5-2-6-10-13/h1,3-10H,11H2. The lowest BCUT2D eigenvalue weighted by atomic mass is 10.0. The zero-order valence-corrected chi connectivity index (χ0v) is 9.22.